The van der Waals surface area contributed by atoms with Crippen LogP contribution in [-0.4, -0.2) is 23.3 Å². The van der Waals surface area contributed by atoms with Gasteiger partial charge in [0.05, 0.1) is 23.7 Å². The molecule has 2 aliphatic rings. The van der Waals surface area contributed by atoms with Gasteiger partial charge >= 0.3 is 5.97 Å². The highest BCUT2D eigenvalue weighted by Crippen LogP contribution is 2.55. The van der Waals surface area contributed by atoms with Gasteiger partial charge in [0.1, 0.15) is 0 Å². The standard InChI is InChI=1S/C31H25ClN4O2S/c1-3-38-30(37)29-34-36(25-19-13-21(2)14-20-25)31(39-29)27-12-8-7-11-26(27)28(22-15-17-23(32)18-16-22)33-35(31)24-9-5-4-6-10-24/h4-20H,3H2,1-2H3. The van der Waals surface area contributed by atoms with Crippen molar-refractivity contribution in [1.29, 1.82) is 0 Å². The van der Waals surface area contributed by atoms with Crippen molar-refractivity contribution in [3.63, 3.8) is 0 Å². The molecule has 6 nitrogen and oxygen atoms in total. The molecule has 8 heteroatoms. The summed E-state index contributed by atoms with van der Waals surface area (Å²) in [5.74, 6) is -0.463. The Morgan fingerprint density at radius 3 is 2.21 bits per heavy atom. The Balaban J connectivity index is 1.64. The number of carbonyl (C=O) groups is 1. The minimum absolute atomic E-state index is 0.258. The second kappa shape index (κ2) is 10.2. The van der Waals surface area contributed by atoms with Crippen LogP contribution in [-0.2, 0) is 14.5 Å². The predicted octanol–water partition coefficient (Wildman–Crippen LogP) is 7.16. The molecule has 39 heavy (non-hydrogen) atoms. The second-order valence-corrected chi connectivity index (χ2v) is 10.7. The number of hydrazone groups is 2. The zero-order valence-corrected chi connectivity index (χ0v) is 23.0. The zero-order valence-electron chi connectivity index (χ0n) is 21.4. The first-order valence-electron chi connectivity index (χ1n) is 12.6. The van der Waals surface area contributed by atoms with E-state index < -0.39 is 11.0 Å². The third-order valence-electron chi connectivity index (χ3n) is 6.58. The number of halogens is 1. The number of anilines is 2. The van der Waals surface area contributed by atoms with E-state index in [0.29, 0.717) is 5.02 Å². The molecule has 1 unspecified atom stereocenters. The number of fused-ring (bicyclic) bond motifs is 2. The molecule has 0 saturated heterocycles. The van der Waals surface area contributed by atoms with Crippen molar-refractivity contribution in [1.82, 2.24) is 0 Å². The first-order chi connectivity index (χ1) is 19.0. The van der Waals surface area contributed by atoms with Crippen LogP contribution in [0.3, 0.4) is 0 Å². The molecular formula is C31H25ClN4O2S. The van der Waals surface area contributed by atoms with Crippen molar-refractivity contribution in [2.24, 2.45) is 10.2 Å². The number of benzene rings is 4. The van der Waals surface area contributed by atoms with Crippen LogP contribution < -0.4 is 10.0 Å². The molecule has 2 aliphatic heterocycles. The number of hydrogen-bond acceptors (Lipinski definition) is 7. The molecule has 0 fully saturated rings. The van der Waals surface area contributed by atoms with Crippen LogP contribution in [0.2, 0.25) is 5.02 Å². The molecule has 0 aromatic heterocycles. The Morgan fingerprint density at radius 2 is 1.49 bits per heavy atom. The van der Waals surface area contributed by atoms with Gasteiger partial charge in [-0.05, 0) is 62.0 Å². The molecule has 6 rings (SSSR count). The third kappa shape index (κ3) is 4.37. The summed E-state index contributed by atoms with van der Waals surface area (Å²) in [6.45, 7) is 4.09. The van der Waals surface area contributed by atoms with Crippen LogP contribution in [0.4, 0.5) is 11.4 Å². The lowest BCUT2D eigenvalue weighted by atomic mass is 9.93. The number of ether oxygens (including phenoxy) is 1. The lowest BCUT2D eigenvalue weighted by Crippen LogP contribution is -2.54. The summed E-state index contributed by atoms with van der Waals surface area (Å²) in [7, 11) is 0. The van der Waals surface area contributed by atoms with Crippen molar-refractivity contribution >= 4 is 51.5 Å². The Bertz CT molecular complexity index is 1590. The van der Waals surface area contributed by atoms with E-state index in [2.05, 4.69) is 12.1 Å². The first kappa shape index (κ1) is 25.2. The maximum atomic E-state index is 13.1. The van der Waals surface area contributed by atoms with E-state index in [4.69, 9.17) is 26.5 Å². The average Bonchev–Trinajstić information content (AvgIpc) is 3.36. The molecule has 1 atom stereocenters. The Kier molecular flexibility index (Phi) is 6.62. The van der Waals surface area contributed by atoms with E-state index >= 15 is 0 Å². The van der Waals surface area contributed by atoms with E-state index in [9.17, 15) is 4.79 Å². The monoisotopic (exact) mass is 552 g/mol. The Labute approximate surface area is 236 Å². The number of hydrogen-bond donors (Lipinski definition) is 0. The second-order valence-electron chi connectivity index (χ2n) is 9.13. The number of rotatable bonds is 5. The van der Waals surface area contributed by atoms with E-state index in [-0.39, 0.29) is 11.7 Å². The SMILES string of the molecule is CCOC(=O)C1=NN(c2ccc(C)cc2)C2(S1)c1ccccc1C(c1ccc(Cl)cc1)=NN2c1ccccc1. The number of thioether (sulfide) groups is 1. The fourth-order valence-electron chi connectivity index (χ4n) is 4.79. The Hall–Kier alpha value is -4.07. The number of nitrogens with zero attached hydrogens (tertiary/aromatic N) is 4. The van der Waals surface area contributed by atoms with Crippen molar-refractivity contribution in [3.05, 3.63) is 130 Å². The highest BCUT2D eigenvalue weighted by molar-refractivity contribution is 8.16. The topological polar surface area (TPSA) is 57.5 Å². The maximum absolute atomic E-state index is 13.1. The maximum Gasteiger partial charge on any atom is 0.365 e. The van der Waals surface area contributed by atoms with Crippen LogP contribution in [0.1, 0.15) is 29.2 Å². The average molecular weight is 553 g/mol. The van der Waals surface area contributed by atoms with Crippen molar-refractivity contribution in [2.75, 3.05) is 16.6 Å². The molecule has 0 N–H and O–H groups in total. The van der Waals surface area contributed by atoms with E-state index in [0.717, 1.165) is 39.3 Å². The summed E-state index contributed by atoms with van der Waals surface area (Å²) in [4.78, 5) is 12.1. The molecule has 0 saturated carbocycles. The van der Waals surface area contributed by atoms with Crippen LogP contribution in [0.25, 0.3) is 0 Å². The number of aryl methyl sites for hydroxylation is 1. The molecule has 4 aromatic carbocycles. The van der Waals surface area contributed by atoms with Gasteiger partial charge in [-0.2, -0.15) is 10.2 Å². The van der Waals surface area contributed by atoms with Gasteiger partial charge in [0.2, 0.25) is 10.0 Å². The Morgan fingerprint density at radius 1 is 0.846 bits per heavy atom. The first-order valence-corrected chi connectivity index (χ1v) is 13.8. The third-order valence-corrected chi connectivity index (χ3v) is 8.13. The highest BCUT2D eigenvalue weighted by atomic mass is 35.5. The van der Waals surface area contributed by atoms with Gasteiger partial charge in [0, 0.05) is 21.7 Å². The van der Waals surface area contributed by atoms with Gasteiger partial charge in [-0.1, -0.05) is 83.9 Å². The number of para-hydroxylation sites is 1. The van der Waals surface area contributed by atoms with Gasteiger partial charge in [-0.3, -0.25) is 0 Å². The smallest absolute Gasteiger partial charge is 0.365 e. The van der Waals surface area contributed by atoms with Crippen molar-refractivity contribution < 1.29 is 9.53 Å². The molecule has 0 bridgehead atoms. The molecule has 194 valence electrons. The van der Waals surface area contributed by atoms with E-state index in [1.807, 2.05) is 108 Å². The van der Waals surface area contributed by atoms with Crippen molar-refractivity contribution in [3.8, 4) is 0 Å². The van der Waals surface area contributed by atoms with Gasteiger partial charge in [0.15, 0.2) is 0 Å². The van der Waals surface area contributed by atoms with Gasteiger partial charge in [0.25, 0.3) is 0 Å². The van der Waals surface area contributed by atoms with E-state index in [1.54, 1.807) is 6.92 Å². The van der Waals surface area contributed by atoms with Gasteiger partial charge < -0.3 is 4.74 Å². The fraction of sp³-hybridized carbons (Fsp3) is 0.129. The lowest BCUT2D eigenvalue weighted by molar-refractivity contribution is -0.134. The van der Waals surface area contributed by atoms with Crippen LogP contribution in [0.15, 0.2) is 113 Å². The molecule has 0 amide bonds. The normalized spacial score (nSPS) is 18.0. The summed E-state index contributed by atoms with van der Waals surface area (Å²) in [6, 6.07) is 33.9. The van der Waals surface area contributed by atoms with Gasteiger partial charge in [-0.25, -0.2) is 14.8 Å². The number of carbonyl (C=O) groups excluding carboxylic acids is 1. The summed E-state index contributed by atoms with van der Waals surface area (Å²) < 4.78 is 5.41. The summed E-state index contributed by atoms with van der Waals surface area (Å²) >= 11 is 7.56. The minimum atomic E-state index is -1.04. The molecule has 1 spiro atoms. The van der Waals surface area contributed by atoms with Crippen LogP contribution >= 0.6 is 23.4 Å². The van der Waals surface area contributed by atoms with Gasteiger partial charge in [-0.15, -0.1) is 0 Å². The quantitative estimate of drug-likeness (QED) is 0.246. The zero-order chi connectivity index (χ0) is 27.0. The number of esters is 1. The molecule has 0 radical (unpaired) electrons. The van der Waals surface area contributed by atoms with Crippen LogP contribution in [0.5, 0.6) is 0 Å². The summed E-state index contributed by atoms with van der Waals surface area (Å²) in [5, 5.41) is 14.9. The fourth-order valence-corrected chi connectivity index (χ4v) is 6.20. The largest absolute Gasteiger partial charge is 0.461 e. The minimum Gasteiger partial charge on any atom is -0.461 e. The predicted molar refractivity (Wildman–Crippen MR) is 159 cm³/mol. The van der Waals surface area contributed by atoms with E-state index in [1.165, 1.54) is 11.8 Å². The molecule has 2 heterocycles. The molecule has 0 aliphatic carbocycles. The summed E-state index contributed by atoms with van der Waals surface area (Å²) in [5.41, 5.74) is 6.42. The molecular weight excluding hydrogens is 528 g/mol. The highest BCUT2D eigenvalue weighted by Gasteiger charge is 2.56. The molecule has 4 aromatic rings. The lowest BCUT2D eigenvalue weighted by Gasteiger charge is -2.47. The van der Waals surface area contributed by atoms with Crippen molar-refractivity contribution in [2.45, 2.75) is 18.8 Å². The van der Waals surface area contributed by atoms with Crippen LogP contribution in [0, 0.1) is 6.92 Å². The summed E-state index contributed by atoms with van der Waals surface area (Å²) in [6.07, 6.45) is 0.